The van der Waals surface area contributed by atoms with Crippen molar-refractivity contribution < 1.29 is 9.90 Å². The minimum atomic E-state index is -0.462. The van der Waals surface area contributed by atoms with Crippen molar-refractivity contribution in [1.82, 2.24) is 10.6 Å². The largest absolute Gasteiger partial charge is 0.394 e. The minimum Gasteiger partial charge on any atom is -0.394 e. The maximum atomic E-state index is 12.0. The molecule has 1 aliphatic heterocycles. The Morgan fingerprint density at radius 2 is 2.00 bits per heavy atom. The molecule has 0 unspecified atom stereocenters. The third kappa shape index (κ3) is 2.62. The predicted octanol–water partition coefficient (Wildman–Crippen LogP) is 0.573. The van der Waals surface area contributed by atoms with E-state index in [1.165, 1.54) is 0 Å². The Balaban J connectivity index is 2.68. The number of carbonyl (C=O) groups is 1. The third-order valence-corrected chi connectivity index (χ3v) is 3.58. The molecular weight excluding hydrogens is 204 g/mol. The summed E-state index contributed by atoms with van der Waals surface area (Å²) in [4.78, 5) is 12.0. The Labute approximate surface area is 97.1 Å². The molecule has 0 atom stereocenters. The lowest BCUT2D eigenvalue weighted by atomic mass is 9.93. The molecule has 1 aliphatic rings. The van der Waals surface area contributed by atoms with Crippen LogP contribution in [0.4, 0.5) is 0 Å². The van der Waals surface area contributed by atoms with Crippen LogP contribution < -0.4 is 10.6 Å². The van der Waals surface area contributed by atoms with Gasteiger partial charge in [0.2, 0.25) is 5.91 Å². The van der Waals surface area contributed by atoms with Crippen LogP contribution in [0.2, 0.25) is 0 Å². The fourth-order valence-corrected chi connectivity index (χ4v) is 1.70. The summed E-state index contributed by atoms with van der Waals surface area (Å²) in [6.45, 7) is 7.42. The Morgan fingerprint density at radius 1 is 1.44 bits per heavy atom. The van der Waals surface area contributed by atoms with Crippen LogP contribution in [0.25, 0.3) is 0 Å². The Bertz CT molecular complexity index is 279. The maximum absolute atomic E-state index is 12.0. The standard InChI is InChI=1S/C12H22N2O2/c1-4-12(5-2,8-15)14-11(16)9(3)10-6-13-7-10/h13,15H,4-8H2,1-3H3,(H,14,16). The van der Waals surface area contributed by atoms with Gasteiger partial charge < -0.3 is 15.7 Å². The van der Waals surface area contributed by atoms with Crippen LogP contribution in [0, 0.1) is 0 Å². The van der Waals surface area contributed by atoms with Crippen molar-refractivity contribution in [2.45, 2.75) is 39.2 Å². The molecule has 1 heterocycles. The lowest BCUT2D eigenvalue weighted by Gasteiger charge is -2.32. The lowest BCUT2D eigenvalue weighted by molar-refractivity contribution is -0.120. The number of hydrogen-bond donors (Lipinski definition) is 3. The van der Waals surface area contributed by atoms with Crippen LogP contribution in [-0.2, 0) is 4.79 Å². The number of nitrogens with one attached hydrogen (secondary N) is 2. The van der Waals surface area contributed by atoms with E-state index in [0.717, 1.165) is 37.1 Å². The third-order valence-electron chi connectivity index (χ3n) is 3.58. The quantitative estimate of drug-likeness (QED) is 0.601. The van der Waals surface area contributed by atoms with Crippen molar-refractivity contribution in [3.63, 3.8) is 0 Å². The summed E-state index contributed by atoms with van der Waals surface area (Å²) >= 11 is 0. The van der Waals surface area contributed by atoms with Gasteiger partial charge in [0.1, 0.15) is 0 Å². The Kier molecular flexibility index (Phi) is 4.50. The number of hydrogen-bond acceptors (Lipinski definition) is 3. The van der Waals surface area contributed by atoms with Crippen LogP contribution in [0.3, 0.4) is 0 Å². The van der Waals surface area contributed by atoms with Crippen LogP contribution in [0.1, 0.15) is 33.6 Å². The van der Waals surface area contributed by atoms with Gasteiger partial charge in [-0.25, -0.2) is 0 Å². The summed E-state index contributed by atoms with van der Waals surface area (Å²) in [6, 6.07) is 0. The van der Waals surface area contributed by atoms with Crippen molar-refractivity contribution in [1.29, 1.82) is 0 Å². The average molecular weight is 226 g/mol. The second kappa shape index (κ2) is 5.46. The summed E-state index contributed by atoms with van der Waals surface area (Å²) in [7, 11) is 0. The fourth-order valence-electron chi connectivity index (χ4n) is 1.70. The summed E-state index contributed by atoms with van der Waals surface area (Å²) in [5.74, 6) is -0.0470. The smallest absolute Gasteiger partial charge is 0.247 e. The molecule has 0 radical (unpaired) electrons. The van der Waals surface area contributed by atoms with Gasteiger partial charge in [0.15, 0.2) is 0 Å². The van der Waals surface area contributed by atoms with Gasteiger partial charge in [-0.3, -0.25) is 4.79 Å². The van der Waals surface area contributed by atoms with E-state index in [-0.39, 0.29) is 12.5 Å². The summed E-state index contributed by atoms with van der Waals surface area (Å²) in [6.07, 6.45) is 1.49. The van der Waals surface area contributed by atoms with E-state index in [1.807, 2.05) is 20.8 Å². The summed E-state index contributed by atoms with van der Waals surface area (Å²) < 4.78 is 0. The van der Waals surface area contributed by atoms with Crippen molar-refractivity contribution in [2.24, 2.45) is 0 Å². The molecule has 1 rings (SSSR count). The number of aliphatic hydroxyl groups excluding tert-OH is 1. The molecular formula is C12H22N2O2. The molecule has 1 fully saturated rings. The first-order valence-corrected chi connectivity index (χ1v) is 5.91. The van der Waals surface area contributed by atoms with Gasteiger partial charge in [-0.2, -0.15) is 0 Å². The number of amides is 1. The second-order valence-corrected chi connectivity index (χ2v) is 4.43. The van der Waals surface area contributed by atoms with Crippen molar-refractivity contribution in [3.05, 3.63) is 11.1 Å². The molecule has 0 bridgehead atoms. The molecule has 4 heteroatoms. The fraction of sp³-hybridized carbons (Fsp3) is 0.750. The van der Waals surface area contributed by atoms with E-state index in [0.29, 0.717) is 0 Å². The molecule has 0 aromatic carbocycles. The molecule has 0 spiro atoms. The molecule has 0 aromatic heterocycles. The van der Waals surface area contributed by atoms with E-state index < -0.39 is 5.54 Å². The average Bonchev–Trinajstić information content (AvgIpc) is 2.23. The zero-order chi connectivity index (χ0) is 12.2. The van der Waals surface area contributed by atoms with Crippen LogP contribution in [-0.4, -0.2) is 36.2 Å². The highest BCUT2D eigenvalue weighted by molar-refractivity contribution is 5.94. The molecule has 92 valence electrons. The van der Waals surface area contributed by atoms with Crippen molar-refractivity contribution >= 4 is 5.91 Å². The van der Waals surface area contributed by atoms with Crippen LogP contribution >= 0.6 is 0 Å². The predicted molar refractivity (Wildman–Crippen MR) is 64.1 cm³/mol. The first kappa shape index (κ1) is 13.2. The molecule has 0 saturated carbocycles. The van der Waals surface area contributed by atoms with Gasteiger partial charge >= 0.3 is 0 Å². The topological polar surface area (TPSA) is 61.4 Å². The number of rotatable bonds is 5. The highest BCUT2D eigenvalue weighted by Gasteiger charge is 2.28. The highest BCUT2D eigenvalue weighted by Crippen LogP contribution is 2.16. The molecule has 0 aromatic rings. The zero-order valence-corrected chi connectivity index (χ0v) is 10.4. The molecule has 1 amide bonds. The lowest BCUT2D eigenvalue weighted by Crippen LogP contribution is -2.51. The maximum Gasteiger partial charge on any atom is 0.247 e. The first-order chi connectivity index (χ1) is 7.58. The normalized spacial score (nSPS) is 15.6. The Morgan fingerprint density at radius 3 is 2.31 bits per heavy atom. The van der Waals surface area contributed by atoms with Gasteiger partial charge in [0, 0.05) is 18.7 Å². The van der Waals surface area contributed by atoms with E-state index >= 15 is 0 Å². The van der Waals surface area contributed by atoms with Gasteiger partial charge in [-0.1, -0.05) is 13.8 Å². The van der Waals surface area contributed by atoms with Crippen molar-refractivity contribution in [3.8, 4) is 0 Å². The van der Waals surface area contributed by atoms with Gasteiger partial charge in [-0.15, -0.1) is 0 Å². The minimum absolute atomic E-state index is 0.00734. The monoisotopic (exact) mass is 226 g/mol. The van der Waals surface area contributed by atoms with Crippen LogP contribution in [0.5, 0.6) is 0 Å². The van der Waals surface area contributed by atoms with E-state index in [4.69, 9.17) is 0 Å². The molecule has 3 N–H and O–H groups in total. The Hall–Kier alpha value is -0.870. The second-order valence-electron chi connectivity index (χ2n) is 4.43. The first-order valence-electron chi connectivity index (χ1n) is 5.91. The van der Waals surface area contributed by atoms with Gasteiger partial charge in [0.25, 0.3) is 0 Å². The number of aliphatic hydroxyl groups is 1. The van der Waals surface area contributed by atoms with Gasteiger partial charge in [0.05, 0.1) is 12.1 Å². The molecule has 1 saturated heterocycles. The van der Waals surface area contributed by atoms with E-state index in [2.05, 4.69) is 10.6 Å². The van der Waals surface area contributed by atoms with Crippen molar-refractivity contribution in [2.75, 3.05) is 19.7 Å². The highest BCUT2D eigenvalue weighted by atomic mass is 16.3. The molecule has 4 nitrogen and oxygen atoms in total. The van der Waals surface area contributed by atoms with E-state index in [9.17, 15) is 9.90 Å². The molecule has 0 aliphatic carbocycles. The zero-order valence-electron chi connectivity index (χ0n) is 10.4. The number of carbonyl (C=O) groups excluding carboxylic acids is 1. The summed E-state index contributed by atoms with van der Waals surface area (Å²) in [5.41, 5.74) is 1.49. The van der Waals surface area contributed by atoms with Crippen LogP contribution in [0.15, 0.2) is 11.1 Å². The molecule has 16 heavy (non-hydrogen) atoms. The summed E-state index contributed by atoms with van der Waals surface area (Å²) in [5, 5.41) is 15.4. The SMILES string of the molecule is CCC(CC)(CO)NC(=O)C(C)=C1CNC1. The van der Waals surface area contributed by atoms with E-state index in [1.54, 1.807) is 0 Å². The van der Waals surface area contributed by atoms with Gasteiger partial charge in [-0.05, 0) is 25.3 Å².